The molecule has 3 aromatic carbocycles. The number of fused-ring (bicyclic) bond motifs is 1. The Bertz CT molecular complexity index is 1060. The summed E-state index contributed by atoms with van der Waals surface area (Å²) in [4.78, 5) is 24.8. The monoisotopic (exact) mass is 382 g/mol. The zero-order valence-electron chi connectivity index (χ0n) is 15.3. The molecule has 0 saturated carbocycles. The molecule has 0 aromatic heterocycles. The first-order chi connectivity index (χ1) is 13.5. The van der Waals surface area contributed by atoms with Crippen LogP contribution < -0.4 is 9.47 Å². The fourth-order valence-electron chi connectivity index (χ4n) is 2.82. The van der Waals surface area contributed by atoms with Crippen LogP contribution in [-0.4, -0.2) is 42.8 Å². The minimum atomic E-state index is -0.936. The SMILES string of the molecule is COc1ccc(OC)c(C(=O)COC(=O)c2cc(O)c3ccccc3c2O)c1. The number of benzene rings is 3. The highest BCUT2D eigenvalue weighted by molar-refractivity contribution is 6.05. The molecular formula is C21H18O7. The molecule has 0 aliphatic heterocycles. The molecule has 0 bridgehead atoms. The van der Waals surface area contributed by atoms with E-state index in [9.17, 15) is 19.8 Å². The lowest BCUT2D eigenvalue weighted by Gasteiger charge is -2.11. The van der Waals surface area contributed by atoms with Crippen LogP contribution in [0.25, 0.3) is 10.8 Å². The first-order valence-corrected chi connectivity index (χ1v) is 8.32. The number of carbonyl (C=O) groups excluding carboxylic acids is 2. The van der Waals surface area contributed by atoms with E-state index in [0.29, 0.717) is 22.3 Å². The number of esters is 1. The number of phenolic OH excluding ortho intramolecular Hbond substituents is 2. The van der Waals surface area contributed by atoms with Crippen molar-refractivity contribution in [1.29, 1.82) is 0 Å². The normalized spacial score (nSPS) is 10.5. The third-order valence-corrected chi connectivity index (χ3v) is 4.26. The Hall–Kier alpha value is -3.74. The standard InChI is InChI=1S/C21H18O7/c1-26-12-7-8-19(27-2)15(9-12)18(23)11-28-21(25)16-10-17(22)13-5-3-4-6-14(13)20(16)24/h3-10,22,24H,11H2,1-2H3. The summed E-state index contributed by atoms with van der Waals surface area (Å²) in [6.45, 7) is -0.574. The molecule has 0 atom stereocenters. The highest BCUT2D eigenvalue weighted by atomic mass is 16.5. The molecule has 7 heteroatoms. The zero-order chi connectivity index (χ0) is 20.3. The summed E-state index contributed by atoms with van der Waals surface area (Å²) < 4.78 is 15.3. The quantitative estimate of drug-likeness (QED) is 0.383. The van der Waals surface area contributed by atoms with Crippen LogP contribution in [0.5, 0.6) is 23.0 Å². The van der Waals surface area contributed by atoms with Crippen molar-refractivity contribution in [3.8, 4) is 23.0 Å². The molecule has 28 heavy (non-hydrogen) atoms. The fourth-order valence-corrected chi connectivity index (χ4v) is 2.82. The van der Waals surface area contributed by atoms with Gasteiger partial charge in [0.25, 0.3) is 0 Å². The van der Waals surface area contributed by atoms with Gasteiger partial charge in [-0.1, -0.05) is 24.3 Å². The van der Waals surface area contributed by atoms with Crippen LogP contribution in [0.3, 0.4) is 0 Å². The minimum absolute atomic E-state index is 0.179. The van der Waals surface area contributed by atoms with Crippen molar-refractivity contribution in [1.82, 2.24) is 0 Å². The Morgan fingerprint density at radius 1 is 0.893 bits per heavy atom. The van der Waals surface area contributed by atoms with E-state index in [1.165, 1.54) is 20.3 Å². The molecule has 0 unspecified atom stereocenters. The Morgan fingerprint density at radius 2 is 1.61 bits per heavy atom. The third kappa shape index (κ3) is 3.55. The fraction of sp³-hybridized carbons (Fsp3) is 0.143. The largest absolute Gasteiger partial charge is 0.507 e. The third-order valence-electron chi connectivity index (χ3n) is 4.26. The van der Waals surface area contributed by atoms with Gasteiger partial charge in [0.2, 0.25) is 5.78 Å². The Morgan fingerprint density at radius 3 is 2.29 bits per heavy atom. The van der Waals surface area contributed by atoms with Crippen molar-refractivity contribution in [3.63, 3.8) is 0 Å². The van der Waals surface area contributed by atoms with Gasteiger partial charge in [0, 0.05) is 10.8 Å². The lowest BCUT2D eigenvalue weighted by molar-refractivity contribution is 0.0471. The molecule has 3 rings (SSSR count). The minimum Gasteiger partial charge on any atom is -0.507 e. The van der Waals surface area contributed by atoms with Crippen LogP contribution in [0.1, 0.15) is 20.7 Å². The number of aromatic hydroxyl groups is 2. The van der Waals surface area contributed by atoms with Crippen LogP contribution >= 0.6 is 0 Å². The van der Waals surface area contributed by atoms with Gasteiger partial charge in [0.15, 0.2) is 6.61 Å². The van der Waals surface area contributed by atoms with Crippen molar-refractivity contribution in [2.24, 2.45) is 0 Å². The molecule has 0 spiro atoms. The van der Waals surface area contributed by atoms with Crippen LogP contribution in [0, 0.1) is 0 Å². The molecule has 0 amide bonds. The van der Waals surface area contributed by atoms with Gasteiger partial charge in [-0.05, 0) is 24.3 Å². The van der Waals surface area contributed by atoms with Gasteiger partial charge in [0.05, 0.1) is 19.8 Å². The second-order valence-electron chi connectivity index (χ2n) is 5.90. The van der Waals surface area contributed by atoms with Gasteiger partial charge in [0.1, 0.15) is 28.6 Å². The number of phenols is 2. The van der Waals surface area contributed by atoms with Crippen LogP contribution in [0.4, 0.5) is 0 Å². The highest BCUT2D eigenvalue weighted by Gasteiger charge is 2.21. The van der Waals surface area contributed by atoms with E-state index >= 15 is 0 Å². The average molecular weight is 382 g/mol. The van der Waals surface area contributed by atoms with Gasteiger partial charge in [-0.25, -0.2) is 4.79 Å². The Kier molecular flexibility index (Phi) is 5.35. The molecule has 7 nitrogen and oxygen atoms in total. The molecule has 0 aliphatic rings. The first kappa shape index (κ1) is 19.0. The maximum atomic E-state index is 12.5. The number of Topliss-reactive ketones (excluding diaryl/α,β-unsaturated/α-hetero) is 1. The second-order valence-corrected chi connectivity index (χ2v) is 5.90. The van der Waals surface area contributed by atoms with Gasteiger partial charge in [-0.15, -0.1) is 0 Å². The van der Waals surface area contributed by atoms with E-state index in [-0.39, 0.29) is 22.6 Å². The van der Waals surface area contributed by atoms with Gasteiger partial charge in [-0.2, -0.15) is 0 Å². The van der Waals surface area contributed by atoms with Crippen molar-refractivity contribution >= 4 is 22.5 Å². The number of hydrogen-bond acceptors (Lipinski definition) is 7. The molecule has 2 N–H and O–H groups in total. The second kappa shape index (κ2) is 7.87. The maximum absolute atomic E-state index is 12.5. The highest BCUT2D eigenvalue weighted by Crippen LogP contribution is 2.35. The van der Waals surface area contributed by atoms with Crippen LogP contribution in [-0.2, 0) is 4.74 Å². The van der Waals surface area contributed by atoms with E-state index in [1.54, 1.807) is 36.4 Å². The van der Waals surface area contributed by atoms with Gasteiger partial charge >= 0.3 is 5.97 Å². The zero-order valence-corrected chi connectivity index (χ0v) is 15.3. The number of methoxy groups -OCH3 is 2. The number of carbonyl (C=O) groups is 2. The van der Waals surface area contributed by atoms with Crippen molar-refractivity contribution < 1.29 is 34.0 Å². The summed E-state index contributed by atoms with van der Waals surface area (Å²) >= 11 is 0. The summed E-state index contributed by atoms with van der Waals surface area (Å²) in [5, 5.41) is 21.1. The van der Waals surface area contributed by atoms with Crippen molar-refractivity contribution in [2.45, 2.75) is 0 Å². The Labute approximate surface area is 160 Å². The summed E-state index contributed by atoms with van der Waals surface area (Å²) in [5.74, 6) is -1.19. The first-order valence-electron chi connectivity index (χ1n) is 8.32. The summed E-state index contributed by atoms with van der Waals surface area (Å²) in [6, 6.07) is 12.3. The topological polar surface area (TPSA) is 102 Å². The van der Waals surface area contributed by atoms with Gasteiger partial charge in [-0.3, -0.25) is 4.79 Å². The van der Waals surface area contributed by atoms with E-state index in [0.717, 1.165) is 6.07 Å². The lowest BCUT2D eigenvalue weighted by atomic mass is 10.0. The summed E-state index contributed by atoms with van der Waals surface area (Å²) in [5.41, 5.74) is -0.0400. The molecular weight excluding hydrogens is 364 g/mol. The molecule has 0 aliphatic carbocycles. The Balaban J connectivity index is 1.82. The predicted octanol–water partition coefficient (Wildman–Crippen LogP) is 3.31. The van der Waals surface area contributed by atoms with Crippen molar-refractivity contribution in [2.75, 3.05) is 20.8 Å². The lowest BCUT2D eigenvalue weighted by Crippen LogP contribution is -2.15. The average Bonchev–Trinajstić information content (AvgIpc) is 2.73. The number of ether oxygens (including phenoxy) is 3. The molecule has 0 fully saturated rings. The predicted molar refractivity (Wildman–Crippen MR) is 101 cm³/mol. The van der Waals surface area contributed by atoms with Gasteiger partial charge < -0.3 is 24.4 Å². The van der Waals surface area contributed by atoms with E-state index in [4.69, 9.17) is 14.2 Å². The molecule has 0 saturated heterocycles. The number of hydrogen-bond donors (Lipinski definition) is 2. The van der Waals surface area contributed by atoms with Crippen LogP contribution in [0.15, 0.2) is 48.5 Å². The number of ketones is 1. The molecule has 0 radical (unpaired) electrons. The maximum Gasteiger partial charge on any atom is 0.342 e. The van der Waals surface area contributed by atoms with Crippen LogP contribution in [0.2, 0.25) is 0 Å². The number of rotatable bonds is 6. The van der Waals surface area contributed by atoms with Crippen molar-refractivity contribution in [3.05, 3.63) is 59.7 Å². The van der Waals surface area contributed by atoms with E-state index in [1.807, 2.05) is 0 Å². The van der Waals surface area contributed by atoms with E-state index in [2.05, 4.69) is 0 Å². The van der Waals surface area contributed by atoms with E-state index < -0.39 is 18.4 Å². The summed E-state index contributed by atoms with van der Waals surface area (Å²) in [6.07, 6.45) is 0. The smallest absolute Gasteiger partial charge is 0.342 e. The molecule has 3 aromatic rings. The molecule has 144 valence electrons. The molecule has 0 heterocycles. The summed E-state index contributed by atoms with van der Waals surface area (Å²) in [7, 11) is 2.88.